The van der Waals surface area contributed by atoms with Gasteiger partial charge in [-0.2, -0.15) is 0 Å². The van der Waals surface area contributed by atoms with E-state index in [1.54, 1.807) is 26.0 Å². The Morgan fingerprint density at radius 3 is 2.76 bits per heavy atom. The number of primary amides is 1. The van der Waals surface area contributed by atoms with Crippen molar-refractivity contribution in [3.8, 4) is 11.8 Å². The zero-order valence-electron chi connectivity index (χ0n) is 19.3. The van der Waals surface area contributed by atoms with Crippen LogP contribution in [0, 0.1) is 11.8 Å². The molecule has 2 aromatic heterocycles. The van der Waals surface area contributed by atoms with Gasteiger partial charge in [0.2, 0.25) is 0 Å². The SMILES string of the molecule is CC(C)(CCC#Cc1cccc(C(=O)c2cn(C3CCCC3)c3ncnc(Cl)c23)c1)OC(N)=O. The minimum atomic E-state index is -0.802. The van der Waals surface area contributed by atoms with Crippen LogP contribution in [0.3, 0.4) is 0 Å². The molecular formula is C26H27ClN4O3. The molecule has 0 atom stereocenters. The summed E-state index contributed by atoms with van der Waals surface area (Å²) >= 11 is 6.42. The third-order valence-corrected chi connectivity index (χ3v) is 6.40. The Bertz CT molecular complexity index is 1300. The summed E-state index contributed by atoms with van der Waals surface area (Å²) in [6.45, 7) is 3.57. The van der Waals surface area contributed by atoms with E-state index < -0.39 is 11.7 Å². The standard InChI is InChI=1S/C26H27ClN4O3/c1-26(2,34-25(28)33)13-6-5-8-17-9-7-10-18(14-17)22(32)20-15-31(19-11-3-4-12-19)24-21(20)23(27)29-16-30-24/h7,9-10,14-16,19H,3-4,6,11-13H2,1-2H3,(H2,28,33). The van der Waals surface area contributed by atoms with Gasteiger partial charge >= 0.3 is 6.09 Å². The fourth-order valence-corrected chi connectivity index (χ4v) is 4.66. The highest BCUT2D eigenvalue weighted by Gasteiger charge is 2.25. The highest BCUT2D eigenvalue weighted by Crippen LogP contribution is 2.36. The first-order chi connectivity index (χ1) is 16.2. The Balaban J connectivity index is 1.58. The molecule has 1 amide bonds. The van der Waals surface area contributed by atoms with E-state index in [0.717, 1.165) is 18.4 Å². The van der Waals surface area contributed by atoms with Gasteiger partial charge in [-0.25, -0.2) is 14.8 Å². The third kappa shape index (κ3) is 5.23. The molecule has 2 N–H and O–H groups in total. The number of aromatic nitrogens is 3. The topological polar surface area (TPSA) is 100 Å². The van der Waals surface area contributed by atoms with Crippen molar-refractivity contribution in [1.82, 2.24) is 14.5 Å². The predicted octanol–water partition coefficient (Wildman–Crippen LogP) is 5.44. The van der Waals surface area contributed by atoms with E-state index in [2.05, 4.69) is 26.4 Å². The van der Waals surface area contributed by atoms with Crippen LogP contribution >= 0.6 is 11.6 Å². The Labute approximate surface area is 203 Å². The number of benzene rings is 1. The van der Waals surface area contributed by atoms with E-state index in [1.807, 2.05) is 18.3 Å². The van der Waals surface area contributed by atoms with Gasteiger partial charge in [-0.3, -0.25) is 4.79 Å². The molecule has 4 rings (SSSR count). The average Bonchev–Trinajstić information content (AvgIpc) is 3.44. The van der Waals surface area contributed by atoms with Crippen molar-refractivity contribution in [1.29, 1.82) is 0 Å². The number of halogens is 1. The summed E-state index contributed by atoms with van der Waals surface area (Å²) in [6.07, 6.45) is 8.03. The monoisotopic (exact) mass is 478 g/mol. The number of ether oxygens (including phenoxy) is 1. The molecule has 0 aliphatic heterocycles. The summed E-state index contributed by atoms with van der Waals surface area (Å²) in [5.74, 6) is 6.02. The van der Waals surface area contributed by atoms with Crippen molar-refractivity contribution in [3.63, 3.8) is 0 Å². The second-order valence-corrected chi connectivity index (χ2v) is 9.50. The van der Waals surface area contributed by atoms with Gasteiger partial charge in [0, 0.05) is 29.8 Å². The number of nitrogens with two attached hydrogens (primary N) is 1. The number of nitrogens with zero attached hydrogens (tertiary/aromatic N) is 3. The van der Waals surface area contributed by atoms with Gasteiger partial charge in [0.1, 0.15) is 22.7 Å². The molecule has 1 fully saturated rings. The molecule has 1 aliphatic rings. The van der Waals surface area contributed by atoms with Crippen LogP contribution in [0.15, 0.2) is 36.8 Å². The summed E-state index contributed by atoms with van der Waals surface area (Å²) in [6, 6.07) is 7.53. The first kappa shape index (κ1) is 23.8. The molecule has 176 valence electrons. The molecule has 0 bridgehead atoms. The molecule has 1 aromatic carbocycles. The van der Waals surface area contributed by atoms with Crippen LogP contribution in [0.4, 0.5) is 4.79 Å². The normalized spacial score (nSPS) is 14.1. The second-order valence-electron chi connectivity index (χ2n) is 9.14. The molecule has 0 radical (unpaired) electrons. The summed E-state index contributed by atoms with van der Waals surface area (Å²) in [4.78, 5) is 33.1. The van der Waals surface area contributed by atoms with Gasteiger partial charge in [-0.05, 0) is 45.2 Å². The number of carbonyl (C=O) groups is 2. The third-order valence-electron chi connectivity index (χ3n) is 6.11. The number of hydrogen-bond donors (Lipinski definition) is 1. The van der Waals surface area contributed by atoms with E-state index >= 15 is 0 Å². The van der Waals surface area contributed by atoms with Crippen LogP contribution in [-0.4, -0.2) is 32.0 Å². The van der Waals surface area contributed by atoms with Crippen LogP contribution in [0.2, 0.25) is 5.15 Å². The van der Waals surface area contributed by atoms with E-state index in [9.17, 15) is 9.59 Å². The van der Waals surface area contributed by atoms with Crippen molar-refractivity contribution >= 4 is 34.5 Å². The van der Waals surface area contributed by atoms with Crippen molar-refractivity contribution in [3.05, 3.63) is 58.6 Å². The number of carbonyl (C=O) groups excluding carboxylic acids is 2. The van der Waals surface area contributed by atoms with E-state index in [-0.39, 0.29) is 10.9 Å². The van der Waals surface area contributed by atoms with Gasteiger partial charge in [-0.1, -0.05) is 48.4 Å². The molecule has 0 spiro atoms. The zero-order valence-corrected chi connectivity index (χ0v) is 20.1. The summed E-state index contributed by atoms with van der Waals surface area (Å²) in [7, 11) is 0. The maximum atomic E-state index is 13.5. The van der Waals surface area contributed by atoms with E-state index in [4.69, 9.17) is 22.1 Å². The molecule has 34 heavy (non-hydrogen) atoms. The first-order valence-electron chi connectivity index (χ1n) is 11.4. The Hall–Kier alpha value is -3.37. The molecule has 0 saturated heterocycles. The van der Waals surface area contributed by atoms with Crippen molar-refractivity contribution in [2.45, 2.75) is 64.0 Å². The molecule has 0 unspecified atom stereocenters. The Kier molecular flexibility index (Phi) is 6.90. The fraction of sp³-hybridized carbons (Fsp3) is 0.385. The van der Waals surface area contributed by atoms with Crippen molar-refractivity contribution in [2.24, 2.45) is 5.73 Å². The van der Waals surface area contributed by atoms with Crippen molar-refractivity contribution < 1.29 is 14.3 Å². The molecule has 1 aliphatic carbocycles. The molecule has 2 heterocycles. The van der Waals surface area contributed by atoms with Crippen LogP contribution in [0.25, 0.3) is 11.0 Å². The Morgan fingerprint density at radius 1 is 1.26 bits per heavy atom. The lowest BCUT2D eigenvalue weighted by molar-refractivity contribution is 0.0403. The van der Waals surface area contributed by atoms with Gasteiger partial charge in [0.05, 0.1) is 10.9 Å². The fourth-order valence-electron chi connectivity index (χ4n) is 4.43. The number of hydrogen-bond acceptors (Lipinski definition) is 5. The zero-order chi connectivity index (χ0) is 24.3. The summed E-state index contributed by atoms with van der Waals surface area (Å²) in [5, 5.41) is 0.871. The molecular weight excluding hydrogens is 452 g/mol. The van der Waals surface area contributed by atoms with Gasteiger partial charge in [-0.15, -0.1) is 0 Å². The smallest absolute Gasteiger partial charge is 0.405 e. The Morgan fingerprint density at radius 2 is 2.03 bits per heavy atom. The van der Waals surface area contributed by atoms with E-state index in [1.165, 1.54) is 19.2 Å². The predicted molar refractivity (Wildman–Crippen MR) is 131 cm³/mol. The van der Waals surface area contributed by atoms with Crippen LogP contribution in [0.5, 0.6) is 0 Å². The molecule has 7 nitrogen and oxygen atoms in total. The number of amides is 1. The number of rotatable bonds is 6. The molecule has 1 saturated carbocycles. The van der Waals surface area contributed by atoms with Gasteiger partial charge in [0.25, 0.3) is 0 Å². The quantitative estimate of drug-likeness (QED) is 0.289. The number of ketones is 1. The van der Waals surface area contributed by atoms with Crippen LogP contribution in [0.1, 0.15) is 79.9 Å². The second kappa shape index (κ2) is 9.86. The lowest BCUT2D eigenvalue weighted by Gasteiger charge is -2.22. The minimum Gasteiger partial charge on any atom is -0.444 e. The summed E-state index contributed by atoms with van der Waals surface area (Å²) < 4.78 is 7.16. The first-order valence-corrected chi connectivity index (χ1v) is 11.8. The van der Waals surface area contributed by atoms with Crippen molar-refractivity contribution in [2.75, 3.05) is 0 Å². The van der Waals surface area contributed by atoms with Gasteiger partial charge in [0.15, 0.2) is 5.78 Å². The lowest BCUT2D eigenvalue weighted by atomic mass is 10.0. The molecule has 3 aromatic rings. The minimum absolute atomic E-state index is 0.141. The van der Waals surface area contributed by atoms with Crippen LogP contribution < -0.4 is 5.73 Å². The van der Waals surface area contributed by atoms with Crippen LogP contribution in [-0.2, 0) is 4.74 Å². The highest BCUT2D eigenvalue weighted by atomic mass is 35.5. The lowest BCUT2D eigenvalue weighted by Crippen LogP contribution is -2.30. The van der Waals surface area contributed by atoms with E-state index in [0.29, 0.717) is 41.0 Å². The summed E-state index contributed by atoms with van der Waals surface area (Å²) in [5.41, 5.74) is 6.86. The molecule has 8 heteroatoms. The highest BCUT2D eigenvalue weighted by molar-refractivity contribution is 6.36. The van der Waals surface area contributed by atoms with Gasteiger partial charge < -0.3 is 15.0 Å². The maximum Gasteiger partial charge on any atom is 0.405 e. The largest absolute Gasteiger partial charge is 0.444 e. The maximum absolute atomic E-state index is 13.5. The number of fused-ring (bicyclic) bond motifs is 1. The average molecular weight is 479 g/mol.